The lowest BCUT2D eigenvalue weighted by atomic mass is 10.1. The third-order valence-electron chi connectivity index (χ3n) is 4.81. The second-order valence-electron chi connectivity index (χ2n) is 6.95. The fourth-order valence-corrected chi connectivity index (χ4v) is 2.96. The van der Waals surface area contributed by atoms with Crippen LogP contribution in [0.5, 0.6) is 0 Å². The Balaban J connectivity index is 1.80. The molecular formula is C19H25N5O3. The molecule has 8 heteroatoms. The quantitative estimate of drug-likeness (QED) is 0.714. The number of amides is 3. The highest BCUT2D eigenvalue weighted by Crippen LogP contribution is 2.29. The molecule has 144 valence electrons. The molecule has 1 heterocycles. The molecule has 0 atom stereocenters. The van der Waals surface area contributed by atoms with Gasteiger partial charge in [-0.1, -0.05) is 6.92 Å². The Labute approximate surface area is 157 Å². The average molecular weight is 371 g/mol. The van der Waals surface area contributed by atoms with Gasteiger partial charge in [0.05, 0.1) is 12.1 Å². The molecule has 0 bridgehead atoms. The van der Waals surface area contributed by atoms with Gasteiger partial charge in [-0.2, -0.15) is 0 Å². The number of nitrogens with zero attached hydrogens (tertiary/aromatic N) is 2. The highest BCUT2D eigenvalue weighted by molar-refractivity contribution is 6.12. The number of carbonyl (C=O) groups is 3. The largest absolute Gasteiger partial charge is 0.385 e. The number of hydrogen-bond donors (Lipinski definition) is 3. The third kappa shape index (κ3) is 3.89. The zero-order valence-corrected chi connectivity index (χ0v) is 15.8. The molecule has 1 aromatic heterocycles. The number of rotatable bonds is 6. The number of nitrogens with one attached hydrogen (secondary N) is 2. The highest BCUT2D eigenvalue weighted by Gasteiger charge is 2.26. The van der Waals surface area contributed by atoms with E-state index in [0.29, 0.717) is 34.4 Å². The number of likely N-dealkylation sites (N-methyl/N-ethyl adjacent to an activating group) is 2. The van der Waals surface area contributed by atoms with Crippen LogP contribution in [0.1, 0.15) is 36.5 Å². The van der Waals surface area contributed by atoms with E-state index < -0.39 is 0 Å². The van der Waals surface area contributed by atoms with E-state index in [1.54, 1.807) is 39.2 Å². The molecule has 3 rings (SSSR count). The van der Waals surface area contributed by atoms with Gasteiger partial charge in [-0.05, 0) is 31.0 Å². The Morgan fingerprint density at radius 2 is 1.93 bits per heavy atom. The van der Waals surface area contributed by atoms with E-state index >= 15 is 0 Å². The molecule has 1 saturated carbocycles. The minimum absolute atomic E-state index is 0.00310. The smallest absolute Gasteiger partial charge is 0.255 e. The summed E-state index contributed by atoms with van der Waals surface area (Å²) < 4.78 is 0. The van der Waals surface area contributed by atoms with Gasteiger partial charge in [0.15, 0.2) is 0 Å². The van der Waals surface area contributed by atoms with E-state index in [9.17, 15) is 14.4 Å². The monoisotopic (exact) mass is 371 g/mol. The van der Waals surface area contributed by atoms with Crippen molar-refractivity contribution in [1.29, 1.82) is 0 Å². The SMILES string of the molecule is CCC(=O)N(C)CC(=O)N(C)c1ccc2c(C(=O)NC3CC3)c(N)[nH]c2c1. The van der Waals surface area contributed by atoms with Crippen LogP contribution in [0.25, 0.3) is 10.9 Å². The molecule has 2 aromatic rings. The van der Waals surface area contributed by atoms with E-state index in [1.165, 1.54) is 9.80 Å². The molecule has 1 fully saturated rings. The number of nitrogens with two attached hydrogens (primary N) is 1. The number of nitrogen functional groups attached to an aromatic ring is 1. The predicted octanol–water partition coefficient (Wildman–Crippen LogP) is 1.47. The zero-order valence-electron chi connectivity index (χ0n) is 15.8. The first-order valence-electron chi connectivity index (χ1n) is 9.04. The Bertz CT molecular complexity index is 900. The first kappa shape index (κ1) is 18.8. The normalized spacial score (nSPS) is 13.4. The number of benzene rings is 1. The second kappa shape index (κ2) is 7.30. The molecule has 1 aromatic carbocycles. The van der Waals surface area contributed by atoms with Crippen molar-refractivity contribution in [2.45, 2.75) is 32.2 Å². The van der Waals surface area contributed by atoms with E-state index in [-0.39, 0.29) is 30.3 Å². The van der Waals surface area contributed by atoms with Crippen molar-refractivity contribution in [3.05, 3.63) is 23.8 Å². The summed E-state index contributed by atoms with van der Waals surface area (Å²) in [5.74, 6) is -0.166. The lowest BCUT2D eigenvalue weighted by molar-refractivity contribution is -0.133. The van der Waals surface area contributed by atoms with E-state index in [4.69, 9.17) is 5.73 Å². The predicted molar refractivity (Wildman–Crippen MR) is 105 cm³/mol. The number of H-pyrrole nitrogens is 1. The number of fused-ring (bicyclic) bond motifs is 1. The van der Waals surface area contributed by atoms with Gasteiger partial charge in [0.25, 0.3) is 5.91 Å². The molecule has 3 amide bonds. The molecular weight excluding hydrogens is 346 g/mol. The standard InChI is InChI=1S/C19H25N5O3/c1-4-15(25)23(2)10-16(26)24(3)12-7-8-13-14(9-12)22-18(20)17(13)19(27)21-11-5-6-11/h7-9,11,22H,4-6,10,20H2,1-3H3,(H,21,27). The van der Waals surface area contributed by atoms with Crippen molar-refractivity contribution < 1.29 is 14.4 Å². The fraction of sp³-hybridized carbons (Fsp3) is 0.421. The summed E-state index contributed by atoms with van der Waals surface area (Å²) in [6.07, 6.45) is 2.35. The van der Waals surface area contributed by atoms with Crippen LogP contribution in [0.15, 0.2) is 18.2 Å². The number of anilines is 2. The summed E-state index contributed by atoms with van der Waals surface area (Å²) in [7, 11) is 3.26. The average Bonchev–Trinajstić information content (AvgIpc) is 3.38. The van der Waals surface area contributed by atoms with Gasteiger partial charge < -0.3 is 25.8 Å². The fourth-order valence-electron chi connectivity index (χ4n) is 2.96. The van der Waals surface area contributed by atoms with Gasteiger partial charge in [0, 0.05) is 43.1 Å². The molecule has 1 aliphatic rings. The maximum absolute atomic E-state index is 12.5. The van der Waals surface area contributed by atoms with Gasteiger partial charge in [0.2, 0.25) is 11.8 Å². The van der Waals surface area contributed by atoms with Gasteiger partial charge >= 0.3 is 0 Å². The Hall–Kier alpha value is -3.03. The molecule has 4 N–H and O–H groups in total. The number of aromatic amines is 1. The van der Waals surface area contributed by atoms with Gasteiger partial charge in [-0.3, -0.25) is 14.4 Å². The molecule has 0 saturated heterocycles. The summed E-state index contributed by atoms with van der Waals surface area (Å²) in [6.45, 7) is 1.76. The van der Waals surface area contributed by atoms with Crippen molar-refractivity contribution in [3.63, 3.8) is 0 Å². The minimum Gasteiger partial charge on any atom is -0.385 e. The van der Waals surface area contributed by atoms with Crippen molar-refractivity contribution >= 4 is 40.1 Å². The number of carbonyl (C=O) groups excluding carboxylic acids is 3. The molecule has 8 nitrogen and oxygen atoms in total. The van der Waals surface area contributed by atoms with Crippen LogP contribution < -0.4 is 16.0 Å². The minimum atomic E-state index is -0.204. The Kier molecular flexibility index (Phi) is 5.07. The molecule has 0 radical (unpaired) electrons. The topological polar surface area (TPSA) is 112 Å². The third-order valence-corrected chi connectivity index (χ3v) is 4.81. The zero-order chi connectivity index (χ0) is 19.7. The molecule has 0 aliphatic heterocycles. The van der Waals surface area contributed by atoms with E-state index in [2.05, 4.69) is 10.3 Å². The Morgan fingerprint density at radius 3 is 2.56 bits per heavy atom. The summed E-state index contributed by atoms with van der Waals surface area (Å²) in [5.41, 5.74) is 7.78. The van der Waals surface area contributed by atoms with E-state index in [0.717, 1.165) is 12.8 Å². The van der Waals surface area contributed by atoms with Crippen LogP contribution in [0.4, 0.5) is 11.5 Å². The van der Waals surface area contributed by atoms with Crippen LogP contribution in [0, 0.1) is 0 Å². The summed E-state index contributed by atoms with van der Waals surface area (Å²) in [5, 5.41) is 3.66. The van der Waals surface area contributed by atoms with E-state index in [1.807, 2.05) is 0 Å². The van der Waals surface area contributed by atoms with Crippen LogP contribution >= 0.6 is 0 Å². The second-order valence-corrected chi connectivity index (χ2v) is 6.95. The highest BCUT2D eigenvalue weighted by atomic mass is 16.2. The van der Waals surface area contributed by atoms with Crippen molar-refractivity contribution in [1.82, 2.24) is 15.2 Å². The number of aromatic nitrogens is 1. The maximum Gasteiger partial charge on any atom is 0.255 e. The lowest BCUT2D eigenvalue weighted by Crippen LogP contribution is -2.39. The van der Waals surface area contributed by atoms with Crippen molar-refractivity contribution in [2.75, 3.05) is 31.3 Å². The van der Waals surface area contributed by atoms with Crippen LogP contribution in [-0.4, -0.2) is 54.3 Å². The number of hydrogen-bond acceptors (Lipinski definition) is 4. The summed E-state index contributed by atoms with van der Waals surface area (Å²) >= 11 is 0. The Morgan fingerprint density at radius 1 is 1.22 bits per heavy atom. The van der Waals surface area contributed by atoms with Gasteiger partial charge in [-0.15, -0.1) is 0 Å². The van der Waals surface area contributed by atoms with Crippen LogP contribution in [0.3, 0.4) is 0 Å². The molecule has 0 spiro atoms. The van der Waals surface area contributed by atoms with Crippen molar-refractivity contribution in [2.24, 2.45) is 0 Å². The van der Waals surface area contributed by atoms with Gasteiger partial charge in [-0.25, -0.2) is 0 Å². The first-order chi connectivity index (χ1) is 12.8. The van der Waals surface area contributed by atoms with Crippen molar-refractivity contribution in [3.8, 4) is 0 Å². The first-order valence-corrected chi connectivity index (χ1v) is 9.04. The molecule has 1 aliphatic carbocycles. The molecule has 0 unspecified atom stereocenters. The van der Waals surface area contributed by atoms with Crippen LogP contribution in [0.2, 0.25) is 0 Å². The van der Waals surface area contributed by atoms with Gasteiger partial charge in [0.1, 0.15) is 5.82 Å². The summed E-state index contributed by atoms with van der Waals surface area (Å²) in [6, 6.07) is 5.57. The molecule has 27 heavy (non-hydrogen) atoms. The van der Waals surface area contributed by atoms with Crippen LogP contribution in [-0.2, 0) is 9.59 Å². The summed E-state index contributed by atoms with van der Waals surface area (Å²) in [4.78, 5) is 42.4. The lowest BCUT2D eigenvalue weighted by Gasteiger charge is -2.22. The maximum atomic E-state index is 12.5.